The van der Waals surface area contributed by atoms with E-state index in [0.717, 1.165) is 0 Å². The number of nitrogens with one attached hydrogen (secondary N) is 1. The monoisotopic (exact) mass is 287 g/mol. The summed E-state index contributed by atoms with van der Waals surface area (Å²) in [6, 6.07) is 0. The molecule has 106 valence electrons. The van der Waals surface area contributed by atoms with E-state index in [1.807, 2.05) is 19.1 Å². The van der Waals surface area contributed by atoms with Crippen LogP contribution in [-0.2, 0) is 10.0 Å². The number of hydrogen-bond donors (Lipinski definition) is 2. The number of hydrogen-bond acceptors (Lipinski definition) is 4. The Morgan fingerprint density at radius 2 is 2.00 bits per heavy atom. The highest BCUT2D eigenvalue weighted by atomic mass is 32.2. The van der Waals surface area contributed by atoms with Gasteiger partial charge in [-0.2, -0.15) is 0 Å². The van der Waals surface area contributed by atoms with Gasteiger partial charge >= 0.3 is 5.97 Å². The average Bonchev–Trinajstić information content (AvgIpc) is 2.60. The van der Waals surface area contributed by atoms with Crippen LogP contribution in [0, 0.1) is 13.8 Å². The summed E-state index contributed by atoms with van der Waals surface area (Å²) < 4.78 is 31.7. The summed E-state index contributed by atoms with van der Waals surface area (Å²) in [5, 5.41) is 9.07. The molecule has 0 saturated carbocycles. The predicted octanol–water partition coefficient (Wildman–Crippen LogP) is 1.84. The van der Waals surface area contributed by atoms with Gasteiger partial charge in [-0.05, 0) is 27.2 Å². The molecule has 0 bridgehead atoms. The second-order valence-corrected chi connectivity index (χ2v) is 5.68. The number of rotatable bonds is 6. The molecule has 0 unspecified atom stereocenters. The van der Waals surface area contributed by atoms with E-state index < -0.39 is 16.0 Å². The maximum atomic E-state index is 12.1. The van der Waals surface area contributed by atoms with Crippen LogP contribution in [0.1, 0.15) is 35.2 Å². The summed E-state index contributed by atoms with van der Waals surface area (Å²) in [5.74, 6) is -1.16. The summed E-state index contributed by atoms with van der Waals surface area (Å²) in [5.41, 5.74) is -0.309. The van der Waals surface area contributed by atoms with Gasteiger partial charge < -0.3 is 9.52 Å². The summed E-state index contributed by atoms with van der Waals surface area (Å²) in [4.78, 5) is 10.8. The van der Waals surface area contributed by atoms with Gasteiger partial charge in [-0.25, -0.2) is 17.9 Å². The van der Waals surface area contributed by atoms with Crippen LogP contribution in [0.15, 0.2) is 21.5 Å². The molecule has 0 spiro atoms. The molecule has 0 aliphatic heterocycles. The number of carboxylic acid groups (broad SMARTS) is 1. The maximum Gasteiger partial charge on any atom is 0.340 e. The molecule has 1 rings (SSSR count). The molecule has 0 amide bonds. The van der Waals surface area contributed by atoms with Crippen molar-refractivity contribution in [3.8, 4) is 0 Å². The van der Waals surface area contributed by atoms with E-state index in [0.29, 0.717) is 6.42 Å². The topological polar surface area (TPSA) is 96.6 Å². The van der Waals surface area contributed by atoms with Crippen molar-refractivity contribution in [2.45, 2.75) is 32.1 Å². The van der Waals surface area contributed by atoms with Gasteiger partial charge in [0.15, 0.2) is 0 Å². The lowest BCUT2D eigenvalue weighted by molar-refractivity contribution is 0.0691. The molecule has 0 aromatic carbocycles. The van der Waals surface area contributed by atoms with Gasteiger partial charge in [-0.3, -0.25) is 0 Å². The molecule has 1 aromatic rings. The summed E-state index contributed by atoms with van der Waals surface area (Å²) in [6.45, 7) is 4.89. The summed E-state index contributed by atoms with van der Waals surface area (Å²) >= 11 is 0. The minimum absolute atomic E-state index is 0.0773. The van der Waals surface area contributed by atoms with Crippen LogP contribution < -0.4 is 4.72 Å². The third-order valence-corrected chi connectivity index (χ3v) is 4.14. The zero-order valence-electron chi connectivity index (χ0n) is 11.1. The van der Waals surface area contributed by atoms with Crippen LogP contribution in [0.2, 0.25) is 0 Å². The first-order valence-electron chi connectivity index (χ1n) is 5.75. The highest BCUT2D eigenvalue weighted by Crippen LogP contribution is 2.26. The second kappa shape index (κ2) is 6.03. The Morgan fingerprint density at radius 3 is 2.53 bits per heavy atom. The normalized spacial score (nSPS) is 12.2. The lowest BCUT2D eigenvalue weighted by Gasteiger charge is -2.05. The van der Waals surface area contributed by atoms with Crippen LogP contribution in [0.25, 0.3) is 0 Å². The largest absolute Gasteiger partial charge is 0.478 e. The van der Waals surface area contributed by atoms with Gasteiger partial charge in [0.25, 0.3) is 0 Å². The van der Waals surface area contributed by atoms with E-state index in [2.05, 4.69) is 4.72 Å². The third-order valence-electron chi connectivity index (χ3n) is 2.53. The van der Waals surface area contributed by atoms with E-state index in [1.165, 1.54) is 13.8 Å². The van der Waals surface area contributed by atoms with Crippen molar-refractivity contribution in [1.29, 1.82) is 0 Å². The van der Waals surface area contributed by atoms with Crippen molar-refractivity contribution >= 4 is 16.0 Å². The van der Waals surface area contributed by atoms with Gasteiger partial charge in [-0.15, -0.1) is 0 Å². The van der Waals surface area contributed by atoms with Crippen molar-refractivity contribution in [2.24, 2.45) is 0 Å². The highest BCUT2D eigenvalue weighted by molar-refractivity contribution is 7.89. The van der Waals surface area contributed by atoms with E-state index in [1.54, 1.807) is 0 Å². The van der Waals surface area contributed by atoms with Crippen LogP contribution in [0.5, 0.6) is 0 Å². The van der Waals surface area contributed by atoms with Gasteiger partial charge in [0, 0.05) is 6.54 Å². The van der Waals surface area contributed by atoms with Crippen molar-refractivity contribution in [3.63, 3.8) is 0 Å². The fourth-order valence-electron chi connectivity index (χ4n) is 1.75. The molecule has 2 N–H and O–H groups in total. The van der Waals surface area contributed by atoms with Crippen LogP contribution >= 0.6 is 0 Å². The zero-order valence-corrected chi connectivity index (χ0v) is 11.9. The Kier molecular flexibility index (Phi) is 4.90. The van der Waals surface area contributed by atoms with E-state index in [9.17, 15) is 13.2 Å². The quantitative estimate of drug-likeness (QED) is 0.614. The number of allylic oxidation sites excluding steroid dienone is 1. The summed E-state index contributed by atoms with van der Waals surface area (Å²) in [7, 11) is -3.88. The van der Waals surface area contributed by atoms with E-state index in [4.69, 9.17) is 9.52 Å². The van der Waals surface area contributed by atoms with Crippen LogP contribution in [0.3, 0.4) is 0 Å². The van der Waals surface area contributed by atoms with Gasteiger partial charge in [0.2, 0.25) is 10.0 Å². The Balaban J connectivity index is 3.11. The Bertz CT molecular complexity index is 598. The van der Waals surface area contributed by atoms with Crippen LogP contribution in [0.4, 0.5) is 0 Å². The molecule has 19 heavy (non-hydrogen) atoms. The van der Waals surface area contributed by atoms with Crippen molar-refractivity contribution < 1.29 is 22.7 Å². The van der Waals surface area contributed by atoms with E-state index >= 15 is 0 Å². The van der Waals surface area contributed by atoms with Crippen molar-refractivity contribution in [1.82, 2.24) is 4.72 Å². The Morgan fingerprint density at radius 1 is 1.37 bits per heavy atom. The molecule has 1 heterocycles. The van der Waals surface area contributed by atoms with E-state index in [-0.39, 0.29) is 28.5 Å². The van der Waals surface area contributed by atoms with Gasteiger partial charge in [0.1, 0.15) is 22.0 Å². The molecule has 0 atom stereocenters. The number of aromatic carboxylic acids is 1. The third kappa shape index (κ3) is 3.45. The zero-order chi connectivity index (χ0) is 14.6. The highest BCUT2D eigenvalue weighted by Gasteiger charge is 2.30. The molecule has 0 radical (unpaired) electrons. The minimum Gasteiger partial charge on any atom is -0.478 e. The lowest BCUT2D eigenvalue weighted by Crippen LogP contribution is -2.26. The molecule has 0 aliphatic rings. The number of furan rings is 1. The van der Waals surface area contributed by atoms with Gasteiger partial charge in [-0.1, -0.05) is 12.2 Å². The number of aryl methyl sites for hydroxylation is 2. The molecule has 6 nitrogen and oxygen atoms in total. The minimum atomic E-state index is -3.88. The average molecular weight is 287 g/mol. The fourth-order valence-corrected chi connectivity index (χ4v) is 3.20. The van der Waals surface area contributed by atoms with Crippen molar-refractivity contribution in [2.75, 3.05) is 6.54 Å². The Labute approximate surface area is 112 Å². The molecule has 0 saturated heterocycles. The molecule has 1 aromatic heterocycles. The number of carboxylic acids is 1. The SMILES string of the molecule is C/C=C/CCNS(=O)(=O)c1c(C)oc(C)c1C(=O)O. The fraction of sp³-hybridized carbons (Fsp3) is 0.417. The summed E-state index contributed by atoms with van der Waals surface area (Å²) in [6.07, 6.45) is 4.16. The van der Waals surface area contributed by atoms with Crippen molar-refractivity contribution in [3.05, 3.63) is 29.2 Å². The molecular formula is C12H17NO5S. The first-order valence-corrected chi connectivity index (χ1v) is 7.23. The van der Waals surface area contributed by atoms with Gasteiger partial charge in [0.05, 0.1) is 0 Å². The predicted molar refractivity (Wildman–Crippen MR) is 69.8 cm³/mol. The Hall–Kier alpha value is -1.60. The molecule has 0 aliphatic carbocycles. The van der Waals surface area contributed by atoms with Crippen LogP contribution in [-0.4, -0.2) is 26.0 Å². The maximum absolute atomic E-state index is 12.1. The standard InChI is InChI=1S/C12H17NO5S/c1-4-5-6-7-13-19(16,17)11-9(3)18-8(2)10(11)12(14)15/h4-5,13H,6-7H2,1-3H3,(H,14,15)/b5-4+. The second-order valence-electron chi connectivity index (χ2n) is 3.98. The number of sulfonamides is 1. The lowest BCUT2D eigenvalue weighted by atomic mass is 10.2. The smallest absolute Gasteiger partial charge is 0.340 e. The first kappa shape index (κ1) is 15.5. The molecule has 0 fully saturated rings. The number of carbonyl (C=O) groups is 1. The molecular weight excluding hydrogens is 270 g/mol. The first-order chi connectivity index (χ1) is 8.81. The molecule has 7 heteroatoms.